The Morgan fingerprint density at radius 3 is 3.00 bits per heavy atom. The van der Waals surface area contributed by atoms with Crippen molar-refractivity contribution in [3.8, 4) is 5.75 Å². The second-order valence-electron chi connectivity index (χ2n) is 4.77. The molecule has 0 saturated carbocycles. The van der Waals surface area contributed by atoms with Crippen LogP contribution in [0.2, 0.25) is 0 Å². The van der Waals surface area contributed by atoms with E-state index in [1.165, 1.54) is 0 Å². The average Bonchev–Trinajstić information content (AvgIpc) is 2.41. The number of piperidine rings is 1. The Labute approximate surface area is 126 Å². The zero-order valence-electron chi connectivity index (χ0n) is 11.2. The fourth-order valence-electron chi connectivity index (χ4n) is 1.97. The van der Waals surface area contributed by atoms with Crippen LogP contribution < -0.4 is 15.4 Å². The molecule has 0 radical (unpaired) electrons. The molecular weight excluding hydrogens is 324 g/mol. The Bertz CT molecular complexity index is 497. The predicted molar refractivity (Wildman–Crippen MR) is 78.4 cm³/mol. The molecule has 0 bridgehead atoms. The third-order valence-electron chi connectivity index (χ3n) is 3.09. The molecule has 2 N–H and O–H groups in total. The van der Waals surface area contributed by atoms with Gasteiger partial charge in [-0.15, -0.1) is 0 Å². The summed E-state index contributed by atoms with van der Waals surface area (Å²) in [6.07, 6.45) is 0.537. The lowest BCUT2D eigenvalue weighted by molar-refractivity contribution is -0.129. The van der Waals surface area contributed by atoms with Gasteiger partial charge in [0.05, 0.1) is 0 Å². The van der Waals surface area contributed by atoms with Gasteiger partial charge in [-0.1, -0.05) is 22.0 Å². The van der Waals surface area contributed by atoms with Crippen molar-refractivity contribution < 1.29 is 14.3 Å². The van der Waals surface area contributed by atoms with E-state index in [-0.39, 0.29) is 17.9 Å². The topological polar surface area (TPSA) is 67.4 Å². The van der Waals surface area contributed by atoms with E-state index < -0.39 is 6.10 Å². The molecule has 1 fully saturated rings. The largest absolute Gasteiger partial charge is 0.481 e. The van der Waals surface area contributed by atoms with Crippen LogP contribution in [-0.2, 0) is 9.59 Å². The van der Waals surface area contributed by atoms with Gasteiger partial charge in [0.1, 0.15) is 5.75 Å². The molecule has 1 aromatic rings. The van der Waals surface area contributed by atoms with Crippen molar-refractivity contribution in [2.45, 2.75) is 31.9 Å². The fourth-order valence-corrected chi connectivity index (χ4v) is 2.35. The van der Waals surface area contributed by atoms with Crippen molar-refractivity contribution in [2.75, 3.05) is 6.54 Å². The number of amides is 2. The van der Waals surface area contributed by atoms with Crippen LogP contribution in [0.1, 0.15) is 19.8 Å². The van der Waals surface area contributed by atoms with Gasteiger partial charge in [0, 0.05) is 23.5 Å². The standard InChI is InChI=1S/C14H17BrN2O3/c1-9(20-12-4-2-3-10(15)7-12)14(19)17-11-5-6-13(18)16-8-11/h2-4,7,9,11H,5-6,8H2,1H3,(H,16,18)(H,17,19)/t9-,11+/m0/s1. The lowest BCUT2D eigenvalue weighted by atomic mass is 10.1. The average molecular weight is 341 g/mol. The highest BCUT2D eigenvalue weighted by atomic mass is 79.9. The van der Waals surface area contributed by atoms with Gasteiger partial charge in [-0.05, 0) is 31.5 Å². The lowest BCUT2D eigenvalue weighted by Gasteiger charge is -2.25. The van der Waals surface area contributed by atoms with E-state index >= 15 is 0 Å². The van der Waals surface area contributed by atoms with Crippen molar-refractivity contribution in [3.63, 3.8) is 0 Å². The molecule has 108 valence electrons. The van der Waals surface area contributed by atoms with Crippen molar-refractivity contribution in [1.82, 2.24) is 10.6 Å². The highest BCUT2D eigenvalue weighted by molar-refractivity contribution is 9.10. The molecule has 1 aliphatic heterocycles. The second-order valence-corrected chi connectivity index (χ2v) is 5.68. The Balaban J connectivity index is 1.84. The van der Waals surface area contributed by atoms with Crippen LogP contribution in [0.3, 0.4) is 0 Å². The molecule has 5 nitrogen and oxygen atoms in total. The molecular formula is C14H17BrN2O3. The zero-order valence-corrected chi connectivity index (χ0v) is 12.8. The summed E-state index contributed by atoms with van der Waals surface area (Å²) in [6.45, 7) is 2.19. The highest BCUT2D eigenvalue weighted by Crippen LogP contribution is 2.19. The third-order valence-corrected chi connectivity index (χ3v) is 3.58. The first-order chi connectivity index (χ1) is 9.54. The summed E-state index contributed by atoms with van der Waals surface area (Å²) in [5.74, 6) is 0.499. The van der Waals surface area contributed by atoms with Gasteiger partial charge in [0.2, 0.25) is 5.91 Å². The van der Waals surface area contributed by atoms with Crippen LogP contribution in [0, 0.1) is 0 Å². The van der Waals surface area contributed by atoms with Gasteiger partial charge in [0.25, 0.3) is 5.91 Å². The summed E-state index contributed by atoms with van der Waals surface area (Å²) < 4.78 is 6.49. The van der Waals surface area contributed by atoms with Crippen molar-refractivity contribution in [1.29, 1.82) is 0 Å². The third kappa shape index (κ3) is 4.23. The minimum absolute atomic E-state index is 0.0197. The summed E-state index contributed by atoms with van der Waals surface area (Å²) >= 11 is 3.35. The van der Waals surface area contributed by atoms with Crippen LogP contribution in [0.25, 0.3) is 0 Å². The first-order valence-corrected chi connectivity index (χ1v) is 7.33. The maximum Gasteiger partial charge on any atom is 0.261 e. The van der Waals surface area contributed by atoms with E-state index in [0.29, 0.717) is 25.1 Å². The van der Waals surface area contributed by atoms with E-state index in [2.05, 4.69) is 26.6 Å². The SMILES string of the molecule is C[C@H](Oc1cccc(Br)c1)C(=O)N[C@@H]1CCC(=O)NC1. The monoisotopic (exact) mass is 340 g/mol. The maximum absolute atomic E-state index is 12.0. The molecule has 0 spiro atoms. The molecule has 20 heavy (non-hydrogen) atoms. The normalized spacial score (nSPS) is 19.9. The first kappa shape index (κ1) is 14.8. The number of ether oxygens (including phenoxy) is 1. The Kier molecular flexibility index (Phi) is 5.00. The number of hydrogen-bond donors (Lipinski definition) is 2. The van der Waals surface area contributed by atoms with Crippen LogP contribution in [-0.4, -0.2) is 30.5 Å². The highest BCUT2D eigenvalue weighted by Gasteiger charge is 2.22. The lowest BCUT2D eigenvalue weighted by Crippen LogP contribution is -2.50. The Morgan fingerprint density at radius 1 is 1.55 bits per heavy atom. The van der Waals surface area contributed by atoms with Crippen LogP contribution in [0.4, 0.5) is 0 Å². The summed E-state index contributed by atoms with van der Waals surface area (Å²) in [4.78, 5) is 23.1. The van der Waals surface area contributed by atoms with Gasteiger partial charge in [-0.2, -0.15) is 0 Å². The number of rotatable bonds is 4. The molecule has 1 aliphatic rings. The van der Waals surface area contributed by atoms with Gasteiger partial charge >= 0.3 is 0 Å². The number of nitrogens with one attached hydrogen (secondary N) is 2. The fraction of sp³-hybridized carbons (Fsp3) is 0.429. The molecule has 1 aromatic carbocycles. The molecule has 1 heterocycles. The minimum Gasteiger partial charge on any atom is -0.481 e. The van der Waals surface area contributed by atoms with E-state index in [0.717, 1.165) is 4.47 Å². The number of hydrogen-bond acceptors (Lipinski definition) is 3. The number of benzene rings is 1. The Hall–Kier alpha value is -1.56. The quantitative estimate of drug-likeness (QED) is 0.874. The van der Waals surface area contributed by atoms with E-state index in [9.17, 15) is 9.59 Å². The second kappa shape index (κ2) is 6.74. The van der Waals surface area contributed by atoms with Crippen LogP contribution in [0.15, 0.2) is 28.7 Å². The summed E-state index contributed by atoms with van der Waals surface area (Å²) in [6, 6.07) is 7.33. The molecule has 2 rings (SSSR count). The van der Waals surface area contributed by atoms with Gasteiger partial charge in [-0.25, -0.2) is 0 Å². The smallest absolute Gasteiger partial charge is 0.261 e. The molecule has 0 unspecified atom stereocenters. The number of carbonyl (C=O) groups excluding carboxylic acids is 2. The van der Waals surface area contributed by atoms with Crippen LogP contribution in [0.5, 0.6) is 5.75 Å². The first-order valence-electron chi connectivity index (χ1n) is 6.54. The van der Waals surface area contributed by atoms with E-state index in [4.69, 9.17) is 4.74 Å². The minimum atomic E-state index is -0.582. The number of carbonyl (C=O) groups is 2. The van der Waals surface area contributed by atoms with E-state index in [1.807, 2.05) is 18.2 Å². The summed E-state index contributed by atoms with van der Waals surface area (Å²) in [5, 5.41) is 5.62. The molecule has 0 aliphatic carbocycles. The van der Waals surface area contributed by atoms with Crippen molar-refractivity contribution in [2.24, 2.45) is 0 Å². The summed E-state index contributed by atoms with van der Waals surface area (Å²) in [5.41, 5.74) is 0. The van der Waals surface area contributed by atoms with Crippen molar-refractivity contribution in [3.05, 3.63) is 28.7 Å². The maximum atomic E-state index is 12.0. The zero-order chi connectivity index (χ0) is 14.5. The van der Waals surface area contributed by atoms with Crippen LogP contribution >= 0.6 is 15.9 Å². The Morgan fingerprint density at radius 2 is 2.35 bits per heavy atom. The van der Waals surface area contributed by atoms with Gasteiger partial charge in [0.15, 0.2) is 6.10 Å². The van der Waals surface area contributed by atoms with E-state index in [1.54, 1.807) is 13.0 Å². The molecule has 0 aromatic heterocycles. The molecule has 6 heteroatoms. The van der Waals surface area contributed by atoms with Gasteiger partial charge < -0.3 is 15.4 Å². The molecule has 2 amide bonds. The molecule has 1 saturated heterocycles. The predicted octanol–water partition coefficient (Wildman–Crippen LogP) is 1.61. The number of halogens is 1. The summed E-state index contributed by atoms with van der Waals surface area (Å²) in [7, 11) is 0. The van der Waals surface area contributed by atoms with Crippen molar-refractivity contribution >= 4 is 27.7 Å². The van der Waals surface area contributed by atoms with Gasteiger partial charge in [-0.3, -0.25) is 9.59 Å². The molecule has 2 atom stereocenters.